The molecule has 5 heteroatoms. The Balaban J connectivity index is 1.73. The molecule has 0 bridgehead atoms. The van der Waals surface area contributed by atoms with Crippen LogP contribution >= 0.6 is 23.4 Å². The van der Waals surface area contributed by atoms with E-state index < -0.39 is 0 Å². The highest BCUT2D eigenvalue weighted by Crippen LogP contribution is 2.24. The Morgan fingerprint density at radius 1 is 0.960 bits per heavy atom. The van der Waals surface area contributed by atoms with Crippen molar-refractivity contribution in [2.75, 3.05) is 5.75 Å². The van der Waals surface area contributed by atoms with Crippen LogP contribution < -0.4 is 5.32 Å². The van der Waals surface area contributed by atoms with E-state index in [0.29, 0.717) is 10.8 Å². The lowest BCUT2D eigenvalue weighted by Gasteiger charge is -2.20. The second-order valence-corrected chi connectivity index (χ2v) is 6.85. The van der Waals surface area contributed by atoms with Crippen LogP contribution in [0.2, 0.25) is 5.02 Å². The Hall–Kier alpha value is -2.30. The van der Waals surface area contributed by atoms with Crippen LogP contribution in [0.5, 0.6) is 0 Å². The number of thioether (sulfide) groups is 1. The van der Waals surface area contributed by atoms with Crippen molar-refractivity contribution in [1.29, 1.82) is 0 Å². The summed E-state index contributed by atoms with van der Waals surface area (Å²) in [7, 11) is 0. The number of carbonyl (C=O) groups excluding carboxylic acids is 1. The van der Waals surface area contributed by atoms with Gasteiger partial charge in [0.15, 0.2) is 0 Å². The molecule has 0 fully saturated rings. The first-order valence-corrected chi connectivity index (χ1v) is 9.22. The van der Waals surface area contributed by atoms with Crippen LogP contribution in [0.15, 0.2) is 84.0 Å². The van der Waals surface area contributed by atoms with Crippen LogP contribution in [-0.4, -0.2) is 16.6 Å². The molecule has 3 rings (SSSR count). The summed E-state index contributed by atoms with van der Waals surface area (Å²) in [5.74, 6) is 0.271. The number of halogens is 1. The van der Waals surface area contributed by atoms with Gasteiger partial charge in [-0.15, -0.1) is 0 Å². The molecule has 25 heavy (non-hydrogen) atoms. The highest BCUT2D eigenvalue weighted by atomic mass is 35.5. The van der Waals surface area contributed by atoms with Crippen LogP contribution in [0.4, 0.5) is 0 Å². The van der Waals surface area contributed by atoms with Crippen LogP contribution in [0.1, 0.15) is 17.2 Å². The molecule has 2 aromatic carbocycles. The molecule has 1 heterocycles. The zero-order valence-electron chi connectivity index (χ0n) is 13.4. The van der Waals surface area contributed by atoms with Gasteiger partial charge in [0.25, 0.3) is 0 Å². The predicted octanol–water partition coefficient (Wildman–Crippen LogP) is 4.73. The highest BCUT2D eigenvalue weighted by Gasteiger charge is 2.17. The maximum Gasteiger partial charge on any atom is 0.231 e. The first-order valence-electron chi connectivity index (χ1n) is 7.86. The number of hydrogen-bond donors (Lipinski definition) is 1. The van der Waals surface area contributed by atoms with Crippen LogP contribution in [0.3, 0.4) is 0 Å². The third-order valence-corrected chi connectivity index (χ3v) is 4.83. The Labute approximate surface area is 156 Å². The van der Waals surface area contributed by atoms with E-state index >= 15 is 0 Å². The smallest absolute Gasteiger partial charge is 0.231 e. The van der Waals surface area contributed by atoms with Gasteiger partial charge in [-0.05, 0) is 35.4 Å². The molecule has 3 nitrogen and oxygen atoms in total. The van der Waals surface area contributed by atoms with Crippen molar-refractivity contribution >= 4 is 29.3 Å². The maximum absolute atomic E-state index is 12.5. The number of hydrogen-bond acceptors (Lipinski definition) is 3. The number of pyridine rings is 1. The van der Waals surface area contributed by atoms with Crippen LogP contribution in [0, 0.1) is 0 Å². The lowest BCUT2D eigenvalue weighted by molar-refractivity contribution is -0.119. The number of carbonyl (C=O) groups is 1. The average molecular weight is 369 g/mol. The summed E-state index contributed by atoms with van der Waals surface area (Å²) in [6, 6.07) is 22.9. The van der Waals surface area contributed by atoms with Crippen molar-refractivity contribution in [2.45, 2.75) is 11.1 Å². The molecule has 1 N–H and O–H groups in total. The molecule has 3 aromatic rings. The van der Waals surface area contributed by atoms with Gasteiger partial charge in [0, 0.05) is 11.2 Å². The molecule has 0 radical (unpaired) electrons. The van der Waals surface area contributed by atoms with Gasteiger partial charge in [-0.1, -0.05) is 71.9 Å². The molecule has 0 spiro atoms. The van der Waals surface area contributed by atoms with E-state index in [-0.39, 0.29) is 11.9 Å². The summed E-state index contributed by atoms with van der Waals surface area (Å²) in [4.78, 5) is 16.7. The third-order valence-electron chi connectivity index (χ3n) is 3.63. The van der Waals surface area contributed by atoms with Gasteiger partial charge in [-0.3, -0.25) is 4.79 Å². The minimum Gasteiger partial charge on any atom is -0.344 e. The Morgan fingerprint density at radius 3 is 2.32 bits per heavy atom. The summed E-state index contributed by atoms with van der Waals surface area (Å²) < 4.78 is 0. The lowest BCUT2D eigenvalue weighted by atomic mass is 9.99. The van der Waals surface area contributed by atoms with E-state index in [9.17, 15) is 4.79 Å². The fraction of sp³-hybridized carbons (Fsp3) is 0.100. The van der Waals surface area contributed by atoms with Gasteiger partial charge in [0.05, 0.1) is 16.8 Å². The van der Waals surface area contributed by atoms with E-state index in [1.54, 1.807) is 6.20 Å². The molecular weight excluding hydrogens is 352 g/mol. The fourth-order valence-electron chi connectivity index (χ4n) is 2.43. The van der Waals surface area contributed by atoms with E-state index in [2.05, 4.69) is 10.3 Å². The van der Waals surface area contributed by atoms with Crippen LogP contribution in [0.25, 0.3) is 0 Å². The Kier molecular flexibility index (Phi) is 6.09. The van der Waals surface area contributed by atoms with E-state index in [4.69, 9.17) is 11.6 Å². The molecular formula is C20H17ClN2OS. The molecule has 1 amide bonds. The fourth-order valence-corrected chi connectivity index (χ4v) is 3.23. The van der Waals surface area contributed by atoms with Gasteiger partial charge in [-0.2, -0.15) is 0 Å². The first-order chi connectivity index (χ1) is 12.2. The minimum absolute atomic E-state index is 0.0422. The summed E-state index contributed by atoms with van der Waals surface area (Å²) in [6.45, 7) is 0. The zero-order valence-corrected chi connectivity index (χ0v) is 15.0. The van der Waals surface area contributed by atoms with Gasteiger partial charge in [0.1, 0.15) is 0 Å². The SMILES string of the molecule is O=C(CSc1ccccn1)NC(c1ccccc1)c1ccc(Cl)cc1. The third kappa shape index (κ3) is 5.08. The highest BCUT2D eigenvalue weighted by molar-refractivity contribution is 7.99. The maximum atomic E-state index is 12.5. The Morgan fingerprint density at radius 2 is 1.64 bits per heavy atom. The molecule has 0 aliphatic carbocycles. The molecule has 126 valence electrons. The van der Waals surface area contributed by atoms with E-state index in [0.717, 1.165) is 16.2 Å². The van der Waals surface area contributed by atoms with Gasteiger partial charge < -0.3 is 5.32 Å². The van der Waals surface area contributed by atoms with Gasteiger partial charge in [0.2, 0.25) is 5.91 Å². The topological polar surface area (TPSA) is 42.0 Å². The number of rotatable bonds is 6. The lowest BCUT2D eigenvalue weighted by Crippen LogP contribution is -2.30. The van der Waals surface area contributed by atoms with Crippen molar-refractivity contribution in [1.82, 2.24) is 10.3 Å². The molecule has 0 saturated heterocycles. The van der Waals surface area contributed by atoms with Crippen molar-refractivity contribution in [3.05, 3.63) is 95.1 Å². The number of amides is 1. The number of benzene rings is 2. The van der Waals surface area contributed by atoms with Crippen molar-refractivity contribution < 1.29 is 4.79 Å². The normalized spacial score (nSPS) is 11.7. The van der Waals surface area contributed by atoms with Crippen molar-refractivity contribution in [3.8, 4) is 0 Å². The van der Waals surface area contributed by atoms with Crippen molar-refractivity contribution in [2.24, 2.45) is 0 Å². The number of nitrogens with one attached hydrogen (secondary N) is 1. The molecule has 1 unspecified atom stereocenters. The molecule has 0 aliphatic rings. The van der Waals surface area contributed by atoms with E-state index in [1.165, 1.54) is 11.8 Å². The van der Waals surface area contributed by atoms with Gasteiger partial charge in [-0.25, -0.2) is 4.98 Å². The summed E-state index contributed by atoms with van der Waals surface area (Å²) in [5, 5.41) is 4.62. The monoisotopic (exact) mass is 368 g/mol. The number of nitrogens with zero attached hydrogens (tertiary/aromatic N) is 1. The number of aromatic nitrogens is 1. The molecule has 1 atom stereocenters. The average Bonchev–Trinajstić information content (AvgIpc) is 2.67. The summed E-state index contributed by atoms with van der Waals surface area (Å²) >= 11 is 7.41. The molecule has 0 aliphatic heterocycles. The largest absolute Gasteiger partial charge is 0.344 e. The van der Waals surface area contributed by atoms with Crippen LogP contribution in [-0.2, 0) is 4.79 Å². The quantitative estimate of drug-likeness (QED) is 0.639. The zero-order chi connectivity index (χ0) is 17.5. The summed E-state index contributed by atoms with van der Waals surface area (Å²) in [5.41, 5.74) is 2.02. The molecule has 1 aromatic heterocycles. The second-order valence-electron chi connectivity index (χ2n) is 5.42. The van der Waals surface area contributed by atoms with Gasteiger partial charge >= 0.3 is 0 Å². The Bertz CT molecular complexity index is 810. The minimum atomic E-state index is -0.213. The van der Waals surface area contributed by atoms with Crippen molar-refractivity contribution in [3.63, 3.8) is 0 Å². The first kappa shape index (κ1) is 17.5. The second kappa shape index (κ2) is 8.70. The standard InChI is InChI=1S/C20H17ClN2OS/c21-17-11-9-16(10-12-17)20(15-6-2-1-3-7-15)23-18(24)14-25-19-8-4-5-13-22-19/h1-13,20H,14H2,(H,23,24). The van der Waals surface area contributed by atoms with E-state index in [1.807, 2.05) is 72.8 Å². The summed E-state index contributed by atoms with van der Waals surface area (Å²) in [6.07, 6.45) is 1.72. The predicted molar refractivity (Wildman–Crippen MR) is 103 cm³/mol. The molecule has 0 saturated carbocycles.